The predicted molar refractivity (Wildman–Crippen MR) is 74.1 cm³/mol. The van der Waals surface area contributed by atoms with Crippen LogP contribution in [0, 0.1) is 0 Å². The van der Waals surface area contributed by atoms with E-state index in [1.165, 1.54) is 30.4 Å². The SMILES string of the molecule is NCc1ccccc1CN1CCCCCC1CO. The third kappa shape index (κ3) is 3.31. The van der Waals surface area contributed by atoms with Crippen molar-refractivity contribution < 1.29 is 5.11 Å². The molecule has 0 saturated carbocycles. The van der Waals surface area contributed by atoms with E-state index in [-0.39, 0.29) is 6.61 Å². The second kappa shape index (κ2) is 6.88. The van der Waals surface area contributed by atoms with Gasteiger partial charge in [-0.15, -0.1) is 0 Å². The van der Waals surface area contributed by atoms with E-state index in [1.54, 1.807) is 0 Å². The Morgan fingerprint density at radius 2 is 1.94 bits per heavy atom. The average Bonchev–Trinajstić information content (AvgIpc) is 2.64. The lowest BCUT2D eigenvalue weighted by Crippen LogP contribution is -2.37. The summed E-state index contributed by atoms with van der Waals surface area (Å²) >= 11 is 0. The van der Waals surface area contributed by atoms with Crippen LogP contribution in [0.2, 0.25) is 0 Å². The van der Waals surface area contributed by atoms with E-state index in [1.807, 2.05) is 6.07 Å². The Hall–Kier alpha value is -0.900. The summed E-state index contributed by atoms with van der Waals surface area (Å²) in [5.41, 5.74) is 8.31. The van der Waals surface area contributed by atoms with Crippen molar-refractivity contribution in [2.24, 2.45) is 5.73 Å². The molecular weight excluding hydrogens is 224 g/mol. The van der Waals surface area contributed by atoms with Gasteiger partial charge in [-0.1, -0.05) is 37.1 Å². The molecular formula is C15H24N2O. The van der Waals surface area contributed by atoms with Crippen LogP contribution < -0.4 is 5.73 Å². The maximum Gasteiger partial charge on any atom is 0.0586 e. The lowest BCUT2D eigenvalue weighted by molar-refractivity contribution is 0.118. The van der Waals surface area contributed by atoms with Crippen LogP contribution in [0.1, 0.15) is 36.8 Å². The second-order valence-corrected chi connectivity index (χ2v) is 5.13. The molecule has 1 fully saturated rings. The number of nitrogens with two attached hydrogens (primary N) is 1. The summed E-state index contributed by atoms with van der Waals surface area (Å²) in [6, 6.07) is 8.68. The molecule has 0 aromatic heterocycles. The van der Waals surface area contributed by atoms with Gasteiger partial charge < -0.3 is 10.8 Å². The summed E-state index contributed by atoms with van der Waals surface area (Å²) in [7, 11) is 0. The highest BCUT2D eigenvalue weighted by Crippen LogP contribution is 2.20. The van der Waals surface area contributed by atoms with Crippen molar-refractivity contribution in [3.8, 4) is 0 Å². The van der Waals surface area contributed by atoms with Gasteiger partial charge in [0.2, 0.25) is 0 Å². The summed E-state index contributed by atoms with van der Waals surface area (Å²) < 4.78 is 0. The smallest absolute Gasteiger partial charge is 0.0586 e. The Balaban J connectivity index is 2.10. The van der Waals surface area contributed by atoms with E-state index in [4.69, 9.17) is 5.73 Å². The Morgan fingerprint density at radius 3 is 2.67 bits per heavy atom. The van der Waals surface area contributed by atoms with Crippen LogP contribution in [-0.4, -0.2) is 29.2 Å². The van der Waals surface area contributed by atoms with Gasteiger partial charge in [-0.05, 0) is 30.5 Å². The van der Waals surface area contributed by atoms with Gasteiger partial charge in [0.1, 0.15) is 0 Å². The quantitative estimate of drug-likeness (QED) is 0.855. The molecule has 0 amide bonds. The minimum atomic E-state index is 0.269. The zero-order valence-electron chi connectivity index (χ0n) is 11.0. The highest BCUT2D eigenvalue weighted by atomic mass is 16.3. The molecule has 0 aliphatic carbocycles. The molecule has 3 nitrogen and oxygen atoms in total. The standard InChI is InChI=1S/C15H24N2O/c16-10-13-6-3-4-7-14(13)11-17-9-5-1-2-8-15(17)12-18/h3-4,6-7,15,18H,1-2,5,8-12,16H2. The summed E-state index contributed by atoms with van der Waals surface area (Å²) in [5, 5.41) is 9.52. The summed E-state index contributed by atoms with van der Waals surface area (Å²) in [4.78, 5) is 2.42. The minimum absolute atomic E-state index is 0.269. The molecule has 1 aromatic rings. The fourth-order valence-electron chi connectivity index (χ4n) is 2.78. The van der Waals surface area contributed by atoms with Crippen molar-refractivity contribution in [3.05, 3.63) is 35.4 Å². The average molecular weight is 248 g/mol. The van der Waals surface area contributed by atoms with Crippen molar-refractivity contribution in [2.75, 3.05) is 13.2 Å². The van der Waals surface area contributed by atoms with Crippen molar-refractivity contribution in [1.29, 1.82) is 0 Å². The maximum atomic E-state index is 9.52. The van der Waals surface area contributed by atoms with E-state index in [0.717, 1.165) is 19.5 Å². The number of hydrogen-bond acceptors (Lipinski definition) is 3. The molecule has 1 unspecified atom stereocenters. The lowest BCUT2D eigenvalue weighted by Gasteiger charge is -2.29. The molecule has 0 radical (unpaired) electrons. The Labute approximate surface area is 110 Å². The molecule has 100 valence electrons. The van der Waals surface area contributed by atoms with Gasteiger partial charge in [0.25, 0.3) is 0 Å². The third-order valence-electron chi connectivity index (χ3n) is 3.92. The highest BCUT2D eigenvalue weighted by molar-refractivity contribution is 5.26. The Kier molecular flexibility index (Phi) is 5.17. The highest BCUT2D eigenvalue weighted by Gasteiger charge is 2.20. The van der Waals surface area contributed by atoms with Gasteiger partial charge in [0.15, 0.2) is 0 Å². The molecule has 0 spiro atoms. The van der Waals surface area contributed by atoms with Crippen molar-refractivity contribution in [2.45, 2.75) is 44.8 Å². The largest absolute Gasteiger partial charge is 0.395 e. The number of hydrogen-bond donors (Lipinski definition) is 2. The molecule has 1 heterocycles. The number of aliphatic hydroxyl groups excluding tert-OH is 1. The number of likely N-dealkylation sites (tertiary alicyclic amines) is 1. The predicted octanol–water partition coefficient (Wildman–Crippen LogP) is 1.88. The molecule has 3 heteroatoms. The number of nitrogens with zero attached hydrogens (tertiary/aromatic N) is 1. The van der Waals surface area contributed by atoms with Crippen molar-refractivity contribution >= 4 is 0 Å². The van der Waals surface area contributed by atoms with Crippen LogP contribution in [0.25, 0.3) is 0 Å². The number of rotatable bonds is 4. The van der Waals surface area contributed by atoms with Crippen molar-refractivity contribution in [3.63, 3.8) is 0 Å². The first kappa shape index (κ1) is 13.5. The van der Waals surface area contributed by atoms with Crippen LogP contribution in [0.3, 0.4) is 0 Å². The molecule has 1 aliphatic rings. The molecule has 1 aromatic carbocycles. The van der Waals surface area contributed by atoms with Crippen LogP contribution in [0.5, 0.6) is 0 Å². The zero-order valence-corrected chi connectivity index (χ0v) is 11.0. The second-order valence-electron chi connectivity index (χ2n) is 5.13. The van der Waals surface area contributed by atoms with Crippen molar-refractivity contribution in [1.82, 2.24) is 4.90 Å². The van der Waals surface area contributed by atoms with Gasteiger partial charge in [-0.3, -0.25) is 4.90 Å². The first-order valence-corrected chi connectivity index (χ1v) is 6.97. The summed E-state index contributed by atoms with van der Waals surface area (Å²) in [6.07, 6.45) is 4.87. The fraction of sp³-hybridized carbons (Fsp3) is 0.600. The first-order chi connectivity index (χ1) is 8.85. The molecule has 1 aliphatic heterocycles. The number of aliphatic hydroxyl groups is 1. The van der Waals surface area contributed by atoms with Gasteiger partial charge >= 0.3 is 0 Å². The van der Waals surface area contributed by atoms with Crippen LogP contribution in [0.4, 0.5) is 0 Å². The topological polar surface area (TPSA) is 49.5 Å². The fourth-order valence-corrected chi connectivity index (χ4v) is 2.78. The third-order valence-corrected chi connectivity index (χ3v) is 3.92. The van der Waals surface area contributed by atoms with Crippen LogP contribution >= 0.6 is 0 Å². The normalized spacial score (nSPS) is 21.8. The summed E-state index contributed by atoms with van der Waals surface area (Å²) in [6.45, 7) is 2.86. The van der Waals surface area contributed by atoms with E-state index >= 15 is 0 Å². The number of benzene rings is 1. The van der Waals surface area contributed by atoms with E-state index in [2.05, 4.69) is 23.1 Å². The summed E-state index contributed by atoms with van der Waals surface area (Å²) in [5.74, 6) is 0. The van der Waals surface area contributed by atoms with E-state index in [9.17, 15) is 5.11 Å². The molecule has 1 saturated heterocycles. The first-order valence-electron chi connectivity index (χ1n) is 6.97. The Bertz CT molecular complexity index is 367. The zero-order chi connectivity index (χ0) is 12.8. The molecule has 18 heavy (non-hydrogen) atoms. The van der Waals surface area contributed by atoms with Crippen LogP contribution in [-0.2, 0) is 13.1 Å². The van der Waals surface area contributed by atoms with E-state index in [0.29, 0.717) is 12.6 Å². The maximum absolute atomic E-state index is 9.52. The minimum Gasteiger partial charge on any atom is -0.395 e. The molecule has 0 bridgehead atoms. The van der Waals surface area contributed by atoms with E-state index < -0.39 is 0 Å². The monoisotopic (exact) mass is 248 g/mol. The van der Waals surface area contributed by atoms with Gasteiger partial charge in [0, 0.05) is 19.1 Å². The Morgan fingerprint density at radius 1 is 1.17 bits per heavy atom. The van der Waals surface area contributed by atoms with Gasteiger partial charge in [0.05, 0.1) is 6.61 Å². The molecule has 1 atom stereocenters. The van der Waals surface area contributed by atoms with Gasteiger partial charge in [-0.25, -0.2) is 0 Å². The lowest BCUT2D eigenvalue weighted by atomic mass is 10.1. The molecule has 2 rings (SSSR count). The van der Waals surface area contributed by atoms with Gasteiger partial charge in [-0.2, -0.15) is 0 Å². The molecule has 3 N–H and O–H groups in total. The van der Waals surface area contributed by atoms with Crippen LogP contribution in [0.15, 0.2) is 24.3 Å².